The van der Waals surface area contributed by atoms with Crippen LogP contribution in [0.3, 0.4) is 0 Å². The maximum Gasteiger partial charge on any atom is 0.319 e. The molecule has 0 radical (unpaired) electrons. The maximum absolute atomic E-state index is 13.2. The second kappa shape index (κ2) is 11.0. The van der Waals surface area contributed by atoms with Crippen LogP contribution in [0.2, 0.25) is 10.0 Å². The molecule has 4 aromatic rings. The number of fused-ring (bicyclic) bond motifs is 1. The van der Waals surface area contributed by atoms with Gasteiger partial charge in [-0.2, -0.15) is 0 Å². The number of hydrogen-bond acceptors (Lipinski definition) is 7. The van der Waals surface area contributed by atoms with Crippen molar-refractivity contribution >= 4 is 57.3 Å². The number of benzene rings is 3. The Labute approximate surface area is 225 Å². The van der Waals surface area contributed by atoms with Crippen LogP contribution in [0.15, 0.2) is 66.7 Å². The summed E-state index contributed by atoms with van der Waals surface area (Å²) >= 11 is 13.3. The molecule has 0 aliphatic carbocycles. The Hall–Kier alpha value is -3.86. The van der Waals surface area contributed by atoms with E-state index < -0.39 is 18.0 Å². The van der Waals surface area contributed by atoms with Crippen LogP contribution in [-0.2, 0) is 11.2 Å². The molecule has 0 bridgehead atoms. The van der Waals surface area contributed by atoms with E-state index >= 15 is 0 Å². The Morgan fingerprint density at radius 3 is 2.57 bits per heavy atom. The van der Waals surface area contributed by atoms with Crippen LogP contribution < -0.4 is 25.4 Å². The minimum Gasteiger partial charge on any atom is -0.454 e. The van der Waals surface area contributed by atoms with E-state index in [-0.39, 0.29) is 18.2 Å². The first-order valence-corrected chi connectivity index (χ1v) is 12.6. The zero-order valence-electron chi connectivity index (χ0n) is 19.0. The Balaban J connectivity index is 1.30. The highest BCUT2D eigenvalue weighted by Crippen LogP contribution is 2.37. The van der Waals surface area contributed by atoms with Crippen molar-refractivity contribution in [3.63, 3.8) is 0 Å². The highest BCUT2D eigenvalue weighted by molar-refractivity contribution is 7.18. The van der Waals surface area contributed by atoms with Crippen molar-refractivity contribution in [2.24, 2.45) is 0 Å². The van der Waals surface area contributed by atoms with Gasteiger partial charge in [0.2, 0.25) is 17.8 Å². The fourth-order valence-electron chi connectivity index (χ4n) is 3.58. The number of nitrogens with one attached hydrogen (secondary N) is 3. The largest absolute Gasteiger partial charge is 0.454 e. The van der Waals surface area contributed by atoms with Gasteiger partial charge in [-0.25, -0.2) is 4.79 Å². The topological polar surface area (TPSA) is 114 Å². The van der Waals surface area contributed by atoms with E-state index in [0.29, 0.717) is 32.3 Å². The lowest BCUT2D eigenvalue weighted by atomic mass is 10.1. The summed E-state index contributed by atoms with van der Waals surface area (Å²) in [4.78, 5) is 26.0. The average molecular weight is 556 g/mol. The number of rotatable bonds is 7. The van der Waals surface area contributed by atoms with Gasteiger partial charge in [0.1, 0.15) is 11.0 Å². The first-order valence-electron chi connectivity index (χ1n) is 11.1. The number of nitrogens with zero attached hydrogens (tertiary/aromatic N) is 2. The maximum atomic E-state index is 13.2. The van der Waals surface area contributed by atoms with Crippen LogP contribution >= 0.6 is 34.5 Å². The van der Waals surface area contributed by atoms with Crippen LogP contribution in [0.1, 0.15) is 5.56 Å². The van der Waals surface area contributed by atoms with Gasteiger partial charge in [-0.1, -0.05) is 64.9 Å². The van der Waals surface area contributed by atoms with Gasteiger partial charge in [0, 0.05) is 17.0 Å². The Bertz CT molecular complexity index is 1450. The van der Waals surface area contributed by atoms with Crippen molar-refractivity contribution in [3.8, 4) is 22.1 Å². The fourth-order valence-corrected chi connectivity index (χ4v) is 4.78. The van der Waals surface area contributed by atoms with E-state index in [0.717, 1.165) is 11.1 Å². The van der Waals surface area contributed by atoms with Crippen molar-refractivity contribution in [2.75, 3.05) is 17.4 Å². The van der Waals surface area contributed by atoms with E-state index in [9.17, 15) is 9.59 Å². The molecule has 1 atom stereocenters. The quantitative estimate of drug-likeness (QED) is 0.273. The number of anilines is 2. The van der Waals surface area contributed by atoms with Gasteiger partial charge in [0.05, 0.1) is 10.7 Å². The van der Waals surface area contributed by atoms with Gasteiger partial charge in [0.15, 0.2) is 11.5 Å². The summed E-state index contributed by atoms with van der Waals surface area (Å²) < 4.78 is 10.8. The average Bonchev–Trinajstić information content (AvgIpc) is 3.55. The summed E-state index contributed by atoms with van der Waals surface area (Å²) in [6, 6.07) is 18.0. The summed E-state index contributed by atoms with van der Waals surface area (Å²) in [7, 11) is 0. The number of halogens is 2. The SMILES string of the molecule is O=C(Nc1ccc(Cl)cc1Cl)NC(Cc1ccccc1)C(=O)Nc1nnc(-c2ccc3c(c2)OCO3)s1. The van der Waals surface area contributed by atoms with Crippen LogP contribution in [0.25, 0.3) is 10.6 Å². The van der Waals surface area contributed by atoms with Gasteiger partial charge < -0.3 is 20.1 Å². The molecule has 0 spiro atoms. The number of amides is 3. The van der Waals surface area contributed by atoms with E-state index in [1.807, 2.05) is 36.4 Å². The molecule has 1 aromatic heterocycles. The minimum atomic E-state index is -0.911. The third-order valence-corrected chi connectivity index (χ3v) is 6.79. The van der Waals surface area contributed by atoms with Crippen LogP contribution in [0.4, 0.5) is 15.6 Å². The second-order valence-corrected chi connectivity index (χ2v) is 9.76. The Morgan fingerprint density at radius 1 is 0.946 bits per heavy atom. The molecular weight excluding hydrogens is 537 g/mol. The molecule has 3 N–H and O–H groups in total. The molecule has 0 fully saturated rings. The number of carbonyl (C=O) groups is 2. The molecule has 37 heavy (non-hydrogen) atoms. The zero-order chi connectivity index (χ0) is 25.8. The summed E-state index contributed by atoms with van der Waals surface area (Å²) in [5.74, 6) is 0.835. The zero-order valence-corrected chi connectivity index (χ0v) is 21.4. The first kappa shape index (κ1) is 24.8. The number of hydrogen-bond donors (Lipinski definition) is 3. The molecule has 1 aliphatic heterocycles. The second-order valence-electron chi connectivity index (χ2n) is 7.93. The molecule has 9 nitrogen and oxygen atoms in total. The highest BCUT2D eigenvalue weighted by Gasteiger charge is 2.24. The molecule has 5 rings (SSSR count). The first-order chi connectivity index (χ1) is 17.9. The lowest BCUT2D eigenvalue weighted by Gasteiger charge is -2.18. The van der Waals surface area contributed by atoms with E-state index in [4.69, 9.17) is 32.7 Å². The predicted molar refractivity (Wildman–Crippen MR) is 143 cm³/mol. The lowest BCUT2D eigenvalue weighted by molar-refractivity contribution is -0.117. The number of ether oxygens (including phenoxy) is 2. The molecule has 3 amide bonds. The highest BCUT2D eigenvalue weighted by atomic mass is 35.5. The molecular formula is C25H19Cl2N5O4S. The molecule has 3 aromatic carbocycles. The monoisotopic (exact) mass is 555 g/mol. The Morgan fingerprint density at radius 2 is 1.76 bits per heavy atom. The molecule has 0 saturated heterocycles. The van der Waals surface area contributed by atoms with Crippen molar-refractivity contribution in [2.45, 2.75) is 12.5 Å². The number of urea groups is 1. The smallest absolute Gasteiger partial charge is 0.319 e. The van der Waals surface area contributed by atoms with E-state index in [1.54, 1.807) is 24.3 Å². The minimum absolute atomic E-state index is 0.170. The third kappa shape index (κ3) is 6.11. The van der Waals surface area contributed by atoms with Crippen molar-refractivity contribution in [3.05, 3.63) is 82.3 Å². The van der Waals surface area contributed by atoms with Crippen molar-refractivity contribution in [1.82, 2.24) is 15.5 Å². The lowest BCUT2D eigenvalue weighted by Crippen LogP contribution is -2.47. The van der Waals surface area contributed by atoms with E-state index in [1.165, 1.54) is 17.4 Å². The molecule has 2 heterocycles. The van der Waals surface area contributed by atoms with E-state index in [2.05, 4.69) is 26.1 Å². The molecule has 12 heteroatoms. The van der Waals surface area contributed by atoms with Crippen molar-refractivity contribution in [1.29, 1.82) is 0 Å². The van der Waals surface area contributed by atoms with Gasteiger partial charge in [0.25, 0.3) is 0 Å². The summed E-state index contributed by atoms with van der Waals surface area (Å²) in [5, 5.41) is 18.0. The predicted octanol–water partition coefficient (Wildman–Crippen LogP) is 5.61. The van der Waals surface area contributed by atoms with Gasteiger partial charge in [-0.15, -0.1) is 10.2 Å². The molecule has 0 saturated carbocycles. The van der Waals surface area contributed by atoms with Crippen molar-refractivity contribution < 1.29 is 19.1 Å². The van der Waals surface area contributed by atoms with Crippen LogP contribution in [-0.4, -0.2) is 35.0 Å². The molecule has 188 valence electrons. The van der Waals surface area contributed by atoms with Crippen LogP contribution in [0, 0.1) is 0 Å². The number of carbonyl (C=O) groups excluding carboxylic acids is 2. The normalized spacial score (nSPS) is 12.6. The third-order valence-electron chi connectivity index (χ3n) is 5.36. The summed E-state index contributed by atoms with van der Waals surface area (Å²) in [5.41, 5.74) is 2.01. The fraction of sp³-hybridized carbons (Fsp3) is 0.120. The standard InChI is InChI=1S/C25H19Cl2N5O4S/c26-16-7-8-18(17(27)12-16)28-24(34)29-19(10-14-4-2-1-3-5-14)22(33)30-25-32-31-23(37-25)15-6-9-20-21(11-15)36-13-35-20/h1-9,11-12,19H,10,13H2,(H2,28,29,34)(H,30,32,33). The summed E-state index contributed by atoms with van der Waals surface area (Å²) in [6.45, 7) is 0.170. The van der Waals surface area contributed by atoms with Gasteiger partial charge in [-0.3, -0.25) is 10.1 Å². The summed E-state index contributed by atoms with van der Waals surface area (Å²) in [6.07, 6.45) is 0.252. The van der Waals surface area contributed by atoms with Gasteiger partial charge in [-0.05, 0) is 42.0 Å². The molecule has 1 aliphatic rings. The van der Waals surface area contributed by atoms with Crippen LogP contribution in [0.5, 0.6) is 11.5 Å². The molecule has 1 unspecified atom stereocenters. The Kier molecular flexibility index (Phi) is 7.40. The number of aromatic nitrogens is 2. The van der Waals surface area contributed by atoms with Gasteiger partial charge >= 0.3 is 6.03 Å².